The summed E-state index contributed by atoms with van der Waals surface area (Å²) in [7, 11) is 0. The molecule has 0 saturated carbocycles. The molecule has 0 heterocycles. The molecule has 8 heteroatoms. The summed E-state index contributed by atoms with van der Waals surface area (Å²) in [4.78, 5) is 41.7. The van der Waals surface area contributed by atoms with Crippen LogP contribution in [-0.4, -0.2) is 52.7 Å². The second-order valence-electron chi connectivity index (χ2n) is 10.4. The molecule has 37 heavy (non-hydrogen) atoms. The number of para-hydroxylation sites is 1. The molecule has 202 valence electrons. The fourth-order valence-electron chi connectivity index (χ4n) is 4.33. The number of anilines is 1. The second kappa shape index (κ2) is 12.7. The zero-order valence-electron chi connectivity index (χ0n) is 23.3. The van der Waals surface area contributed by atoms with Crippen LogP contribution in [0.4, 0.5) is 10.5 Å². The molecule has 0 aliphatic rings. The van der Waals surface area contributed by atoms with Crippen molar-refractivity contribution in [2.24, 2.45) is 0 Å². The molecule has 3 amide bonds. The number of benzene rings is 2. The largest absolute Gasteiger partial charge is 0.444 e. The summed E-state index contributed by atoms with van der Waals surface area (Å²) in [6.07, 6.45) is -0.256. The third-order valence-electron chi connectivity index (χ3n) is 6.02. The van der Waals surface area contributed by atoms with E-state index in [1.54, 1.807) is 20.8 Å². The molecule has 3 N–H and O–H groups in total. The Hall–Kier alpha value is -3.39. The number of aliphatic hydroxyl groups excluding tert-OH is 1. The number of hydrogen-bond acceptors (Lipinski definition) is 5. The minimum atomic E-state index is -1.28. The molecule has 0 aliphatic heterocycles. The van der Waals surface area contributed by atoms with Crippen LogP contribution >= 0.6 is 0 Å². The van der Waals surface area contributed by atoms with E-state index in [4.69, 9.17) is 4.74 Å². The fraction of sp³-hybridized carbons (Fsp3) is 0.483. The Kier molecular flexibility index (Phi) is 10.3. The number of amides is 3. The van der Waals surface area contributed by atoms with E-state index in [-0.39, 0.29) is 12.5 Å². The summed E-state index contributed by atoms with van der Waals surface area (Å²) in [5.41, 5.74) is 4.15. The molecule has 0 saturated heterocycles. The molecule has 2 atom stereocenters. The lowest BCUT2D eigenvalue weighted by molar-refractivity contribution is -0.141. The van der Waals surface area contributed by atoms with Crippen LogP contribution in [0.15, 0.2) is 36.4 Å². The molecule has 2 unspecified atom stereocenters. The van der Waals surface area contributed by atoms with Gasteiger partial charge in [-0.2, -0.15) is 0 Å². The molecule has 2 rings (SSSR count). The monoisotopic (exact) mass is 511 g/mol. The van der Waals surface area contributed by atoms with Gasteiger partial charge in [-0.1, -0.05) is 43.3 Å². The van der Waals surface area contributed by atoms with Crippen LogP contribution < -0.4 is 10.6 Å². The third kappa shape index (κ3) is 7.79. The van der Waals surface area contributed by atoms with E-state index < -0.39 is 36.3 Å². The number of nitrogens with one attached hydrogen (secondary N) is 2. The van der Waals surface area contributed by atoms with Gasteiger partial charge in [-0.3, -0.25) is 9.59 Å². The van der Waals surface area contributed by atoms with Gasteiger partial charge in [0.05, 0.1) is 6.61 Å². The Balaban J connectivity index is 2.56. The topological polar surface area (TPSA) is 108 Å². The standard InChI is InChI=1S/C29H41N3O5/c1-9-16-32(27(35)22(17-33)30-28(36)37-29(6,7)8)25(23-18(2)12-10-13-19(23)3)26(34)31-24-20(4)14-11-15-21(24)5/h10-15,22,25,33H,9,16-17H2,1-8H3,(H,30,36)(H,31,34). The lowest BCUT2D eigenvalue weighted by atomic mass is 9.93. The first-order valence-corrected chi connectivity index (χ1v) is 12.6. The van der Waals surface area contributed by atoms with Crippen molar-refractivity contribution >= 4 is 23.6 Å². The number of nitrogens with zero attached hydrogens (tertiary/aromatic N) is 1. The number of carbonyl (C=O) groups is 3. The third-order valence-corrected chi connectivity index (χ3v) is 6.02. The molecule has 0 spiro atoms. The highest BCUT2D eigenvalue weighted by atomic mass is 16.6. The summed E-state index contributed by atoms with van der Waals surface area (Å²) >= 11 is 0. The molecule has 2 aromatic rings. The predicted molar refractivity (Wildman–Crippen MR) is 145 cm³/mol. The molecule has 0 bridgehead atoms. The first kappa shape index (κ1) is 29.8. The zero-order valence-corrected chi connectivity index (χ0v) is 23.3. The van der Waals surface area contributed by atoms with Crippen molar-refractivity contribution in [1.82, 2.24) is 10.2 Å². The van der Waals surface area contributed by atoms with Crippen LogP contribution in [0.5, 0.6) is 0 Å². The molecule has 2 aromatic carbocycles. The number of hydrogen-bond donors (Lipinski definition) is 3. The summed E-state index contributed by atoms with van der Waals surface area (Å²) < 4.78 is 5.28. The van der Waals surface area contributed by atoms with Gasteiger partial charge in [0.1, 0.15) is 17.7 Å². The van der Waals surface area contributed by atoms with Crippen molar-refractivity contribution in [3.8, 4) is 0 Å². The van der Waals surface area contributed by atoms with Gasteiger partial charge in [-0.25, -0.2) is 4.79 Å². The van der Waals surface area contributed by atoms with E-state index in [0.717, 1.165) is 22.3 Å². The molecular formula is C29H41N3O5. The van der Waals surface area contributed by atoms with Gasteiger partial charge in [0.25, 0.3) is 5.91 Å². The minimum absolute atomic E-state index is 0.240. The number of ether oxygens (including phenoxy) is 1. The molecule has 0 fully saturated rings. The summed E-state index contributed by atoms with van der Waals surface area (Å²) in [5.74, 6) is -0.940. The van der Waals surface area contributed by atoms with Gasteiger partial charge in [0.15, 0.2) is 0 Å². The van der Waals surface area contributed by atoms with Crippen molar-refractivity contribution in [3.63, 3.8) is 0 Å². The van der Waals surface area contributed by atoms with E-state index in [1.165, 1.54) is 4.90 Å². The number of aliphatic hydroxyl groups is 1. The highest BCUT2D eigenvalue weighted by molar-refractivity contribution is 6.00. The quantitative estimate of drug-likeness (QED) is 0.451. The van der Waals surface area contributed by atoms with Crippen molar-refractivity contribution in [2.45, 2.75) is 79.5 Å². The smallest absolute Gasteiger partial charge is 0.408 e. The first-order chi connectivity index (χ1) is 17.3. The average molecular weight is 512 g/mol. The van der Waals surface area contributed by atoms with E-state index in [2.05, 4.69) is 10.6 Å². The number of rotatable bonds is 9. The van der Waals surface area contributed by atoms with Gasteiger partial charge in [-0.15, -0.1) is 0 Å². The van der Waals surface area contributed by atoms with Crippen molar-refractivity contribution in [3.05, 3.63) is 64.2 Å². The maximum absolute atomic E-state index is 14.0. The highest BCUT2D eigenvalue weighted by Gasteiger charge is 2.37. The van der Waals surface area contributed by atoms with Crippen LogP contribution in [0, 0.1) is 27.7 Å². The van der Waals surface area contributed by atoms with E-state index in [9.17, 15) is 19.5 Å². The second-order valence-corrected chi connectivity index (χ2v) is 10.4. The minimum Gasteiger partial charge on any atom is -0.444 e. The summed E-state index contributed by atoms with van der Waals surface area (Å²) in [6, 6.07) is 9.20. The van der Waals surface area contributed by atoms with Crippen LogP contribution in [-0.2, 0) is 14.3 Å². The van der Waals surface area contributed by atoms with Gasteiger partial charge >= 0.3 is 6.09 Å². The van der Waals surface area contributed by atoms with Crippen LogP contribution in [0.2, 0.25) is 0 Å². The lowest BCUT2D eigenvalue weighted by Crippen LogP contribution is -2.54. The van der Waals surface area contributed by atoms with Crippen molar-refractivity contribution in [2.75, 3.05) is 18.5 Å². The van der Waals surface area contributed by atoms with E-state index in [1.807, 2.05) is 71.0 Å². The Morgan fingerprint density at radius 2 is 1.46 bits per heavy atom. The Bertz CT molecular complexity index is 1080. The SMILES string of the molecule is CCCN(C(=O)C(CO)NC(=O)OC(C)(C)C)C(C(=O)Nc1c(C)cccc1C)c1c(C)cccc1C. The van der Waals surface area contributed by atoms with Crippen molar-refractivity contribution < 1.29 is 24.2 Å². The van der Waals surface area contributed by atoms with Gasteiger partial charge < -0.3 is 25.4 Å². The normalized spacial score (nSPS) is 12.9. The number of alkyl carbamates (subject to hydrolysis) is 1. The van der Waals surface area contributed by atoms with Crippen LogP contribution in [0.1, 0.15) is 68.0 Å². The van der Waals surface area contributed by atoms with Crippen LogP contribution in [0.3, 0.4) is 0 Å². The Morgan fingerprint density at radius 1 is 0.946 bits per heavy atom. The average Bonchev–Trinajstić information content (AvgIpc) is 2.79. The predicted octanol–water partition coefficient (Wildman–Crippen LogP) is 4.72. The van der Waals surface area contributed by atoms with Crippen molar-refractivity contribution in [1.29, 1.82) is 0 Å². The van der Waals surface area contributed by atoms with Crippen LogP contribution in [0.25, 0.3) is 0 Å². The summed E-state index contributed by atoms with van der Waals surface area (Å²) in [6.45, 7) is 14.3. The first-order valence-electron chi connectivity index (χ1n) is 12.6. The fourth-order valence-corrected chi connectivity index (χ4v) is 4.33. The zero-order chi connectivity index (χ0) is 27.9. The van der Waals surface area contributed by atoms with E-state index in [0.29, 0.717) is 17.7 Å². The molecule has 0 radical (unpaired) electrons. The summed E-state index contributed by atoms with van der Waals surface area (Å²) in [5, 5.41) is 15.6. The van der Waals surface area contributed by atoms with Gasteiger partial charge in [-0.05, 0) is 82.7 Å². The van der Waals surface area contributed by atoms with E-state index >= 15 is 0 Å². The molecule has 0 aromatic heterocycles. The molecule has 0 aliphatic carbocycles. The number of aryl methyl sites for hydroxylation is 4. The number of carbonyl (C=O) groups excluding carboxylic acids is 3. The molecule has 8 nitrogen and oxygen atoms in total. The lowest BCUT2D eigenvalue weighted by Gasteiger charge is -2.35. The van der Waals surface area contributed by atoms with Gasteiger partial charge in [0.2, 0.25) is 5.91 Å². The molecular weight excluding hydrogens is 470 g/mol. The maximum atomic E-state index is 14.0. The van der Waals surface area contributed by atoms with Gasteiger partial charge in [0, 0.05) is 12.2 Å². The maximum Gasteiger partial charge on any atom is 0.408 e. The Labute approximate surface area is 220 Å². The Morgan fingerprint density at radius 3 is 1.92 bits per heavy atom. The highest BCUT2D eigenvalue weighted by Crippen LogP contribution is 2.31.